The van der Waals surface area contributed by atoms with Gasteiger partial charge in [-0.2, -0.15) is 5.10 Å². The van der Waals surface area contributed by atoms with Crippen LogP contribution in [0.5, 0.6) is 5.75 Å². The van der Waals surface area contributed by atoms with Crippen molar-refractivity contribution in [1.29, 1.82) is 0 Å². The van der Waals surface area contributed by atoms with Crippen molar-refractivity contribution in [3.63, 3.8) is 0 Å². The van der Waals surface area contributed by atoms with Gasteiger partial charge in [-0.15, -0.1) is 0 Å². The number of hydrazone groups is 1. The molecule has 5 nitrogen and oxygen atoms in total. The average molecular weight is 451 g/mol. The molecule has 0 aliphatic rings. The molecular weight excluding hydrogens is 424 g/mol. The number of ether oxygens (including phenoxy) is 1. The Kier molecular flexibility index (Phi) is 6.55. The molecule has 1 N–H and O–H groups in total. The zero-order chi connectivity index (χ0) is 24.1. The number of esters is 1. The summed E-state index contributed by atoms with van der Waals surface area (Å²) in [6.07, 6.45) is 1.51. The van der Waals surface area contributed by atoms with Gasteiger partial charge >= 0.3 is 5.97 Å². The molecule has 4 aromatic rings. The van der Waals surface area contributed by atoms with Crippen molar-refractivity contribution >= 4 is 28.9 Å². The zero-order valence-electron chi connectivity index (χ0n) is 19.4. The highest BCUT2D eigenvalue weighted by atomic mass is 16.5. The number of carbonyl (C=O) groups excluding carboxylic acids is 2. The van der Waals surface area contributed by atoms with Crippen LogP contribution < -0.4 is 10.2 Å². The summed E-state index contributed by atoms with van der Waals surface area (Å²) in [7, 11) is 0. The predicted molar refractivity (Wildman–Crippen MR) is 136 cm³/mol. The SMILES string of the molecule is CC(C)(C)c1ccc(C(=O)N/N=C\c2c(OC(=O)c3ccccc3)ccc3ccccc23)cc1. The first-order valence-corrected chi connectivity index (χ1v) is 11.1. The van der Waals surface area contributed by atoms with Crippen molar-refractivity contribution in [1.82, 2.24) is 5.43 Å². The van der Waals surface area contributed by atoms with Crippen molar-refractivity contribution in [2.24, 2.45) is 5.10 Å². The van der Waals surface area contributed by atoms with Crippen LogP contribution in [0, 0.1) is 0 Å². The van der Waals surface area contributed by atoms with Crippen molar-refractivity contribution in [2.45, 2.75) is 26.2 Å². The molecule has 0 aliphatic carbocycles. The second-order valence-electron chi connectivity index (χ2n) is 8.98. The highest BCUT2D eigenvalue weighted by Crippen LogP contribution is 2.27. The minimum Gasteiger partial charge on any atom is -0.422 e. The summed E-state index contributed by atoms with van der Waals surface area (Å²) >= 11 is 0. The molecule has 0 bridgehead atoms. The largest absolute Gasteiger partial charge is 0.422 e. The predicted octanol–water partition coefficient (Wildman–Crippen LogP) is 6.12. The lowest BCUT2D eigenvalue weighted by molar-refractivity contribution is 0.0734. The molecule has 0 saturated carbocycles. The molecule has 5 heteroatoms. The third-order valence-corrected chi connectivity index (χ3v) is 5.52. The van der Waals surface area contributed by atoms with E-state index in [4.69, 9.17) is 4.74 Å². The normalized spacial score (nSPS) is 11.5. The van der Waals surface area contributed by atoms with E-state index in [0.717, 1.165) is 16.3 Å². The van der Waals surface area contributed by atoms with Crippen molar-refractivity contribution in [2.75, 3.05) is 0 Å². The molecule has 0 saturated heterocycles. The summed E-state index contributed by atoms with van der Waals surface area (Å²) in [5.41, 5.74) is 5.29. The van der Waals surface area contributed by atoms with E-state index in [1.807, 2.05) is 48.5 Å². The van der Waals surface area contributed by atoms with E-state index < -0.39 is 5.97 Å². The van der Waals surface area contributed by atoms with Crippen molar-refractivity contribution < 1.29 is 14.3 Å². The highest BCUT2D eigenvalue weighted by molar-refractivity contribution is 6.04. The van der Waals surface area contributed by atoms with E-state index in [1.165, 1.54) is 6.21 Å². The van der Waals surface area contributed by atoms with Crippen LogP contribution in [0.25, 0.3) is 10.8 Å². The van der Waals surface area contributed by atoms with Crippen molar-refractivity contribution in [3.05, 3.63) is 113 Å². The number of carbonyl (C=O) groups is 2. The number of benzene rings is 4. The summed E-state index contributed by atoms with van der Waals surface area (Å²) in [4.78, 5) is 25.2. The number of hydrogen-bond acceptors (Lipinski definition) is 4. The van der Waals surface area contributed by atoms with Crippen LogP contribution >= 0.6 is 0 Å². The standard InChI is InChI=1S/C29H26N2O3/c1-29(2,3)23-16-13-21(14-17-23)27(32)31-30-19-25-24-12-8-7-9-20(24)15-18-26(25)34-28(33)22-10-5-4-6-11-22/h4-19H,1-3H3,(H,31,32)/b30-19-. The Morgan fingerprint density at radius 3 is 2.18 bits per heavy atom. The Morgan fingerprint density at radius 1 is 0.794 bits per heavy atom. The molecule has 0 radical (unpaired) electrons. The second-order valence-corrected chi connectivity index (χ2v) is 8.98. The summed E-state index contributed by atoms with van der Waals surface area (Å²) in [6, 6.07) is 27.6. The van der Waals surface area contributed by atoms with E-state index >= 15 is 0 Å². The number of nitrogens with zero attached hydrogens (tertiary/aromatic N) is 1. The monoisotopic (exact) mass is 450 g/mol. The number of nitrogens with one attached hydrogen (secondary N) is 1. The van der Waals surface area contributed by atoms with Gasteiger partial charge in [-0.25, -0.2) is 10.2 Å². The molecule has 0 spiro atoms. The van der Waals surface area contributed by atoms with Crippen LogP contribution in [0.15, 0.2) is 96.1 Å². The van der Waals surface area contributed by atoms with Gasteiger partial charge in [-0.1, -0.05) is 81.4 Å². The third kappa shape index (κ3) is 5.21. The van der Waals surface area contributed by atoms with Crippen LogP contribution in [-0.2, 0) is 5.41 Å². The first-order chi connectivity index (χ1) is 16.3. The lowest BCUT2D eigenvalue weighted by Gasteiger charge is -2.18. The maximum atomic E-state index is 12.6. The summed E-state index contributed by atoms with van der Waals surface area (Å²) in [6.45, 7) is 6.37. The lowest BCUT2D eigenvalue weighted by Crippen LogP contribution is -2.18. The smallest absolute Gasteiger partial charge is 0.343 e. The van der Waals surface area contributed by atoms with Gasteiger partial charge in [0.05, 0.1) is 11.8 Å². The van der Waals surface area contributed by atoms with Gasteiger partial charge in [0, 0.05) is 11.1 Å². The van der Waals surface area contributed by atoms with E-state index in [-0.39, 0.29) is 11.3 Å². The maximum Gasteiger partial charge on any atom is 0.343 e. The fourth-order valence-electron chi connectivity index (χ4n) is 3.57. The molecule has 0 heterocycles. The molecule has 4 rings (SSSR count). The first-order valence-electron chi connectivity index (χ1n) is 11.1. The minimum atomic E-state index is -0.464. The van der Waals surface area contributed by atoms with Gasteiger partial charge in [0.1, 0.15) is 5.75 Å². The van der Waals surface area contributed by atoms with Gasteiger partial charge < -0.3 is 4.74 Å². The third-order valence-electron chi connectivity index (χ3n) is 5.52. The summed E-state index contributed by atoms with van der Waals surface area (Å²) < 4.78 is 5.68. The molecule has 0 aliphatic heterocycles. The fraction of sp³-hybridized carbons (Fsp3) is 0.138. The number of amides is 1. The van der Waals surface area contributed by atoms with E-state index in [9.17, 15) is 9.59 Å². The molecule has 34 heavy (non-hydrogen) atoms. The van der Waals surface area contributed by atoms with E-state index in [2.05, 4.69) is 31.3 Å². The number of fused-ring (bicyclic) bond motifs is 1. The minimum absolute atomic E-state index is 0.00904. The van der Waals surface area contributed by atoms with Crippen LogP contribution in [0.1, 0.15) is 52.6 Å². The zero-order valence-corrected chi connectivity index (χ0v) is 19.4. The molecule has 0 aromatic heterocycles. The Bertz CT molecular complexity index is 1350. The van der Waals surface area contributed by atoms with Gasteiger partial charge in [0.15, 0.2) is 0 Å². The van der Waals surface area contributed by atoms with E-state index in [0.29, 0.717) is 22.4 Å². The Labute approximate surface area is 199 Å². The maximum absolute atomic E-state index is 12.6. The molecule has 0 atom stereocenters. The fourth-order valence-corrected chi connectivity index (χ4v) is 3.57. The first kappa shape index (κ1) is 22.9. The molecule has 170 valence electrons. The topological polar surface area (TPSA) is 67.8 Å². The van der Waals surface area contributed by atoms with Gasteiger partial charge in [-0.3, -0.25) is 4.79 Å². The second kappa shape index (κ2) is 9.71. The Hall–Kier alpha value is -4.25. The molecular formula is C29H26N2O3. The molecule has 0 fully saturated rings. The Balaban J connectivity index is 1.58. The summed E-state index contributed by atoms with van der Waals surface area (Å²) in [5.74, 6) is -0.423. The molecule has 0 unspecified atom stereocenters. The van der Waals surface area contributed by atoms with E-state index in [1.54, 1.807) is 42.5 Å². The van der Waals surface area contributed by atoms with Crippen molar-refractivity contribution in [3.8, 4) is 5.75 Å². The van der Waals surface area contributed by atoms with Crippen LogP contribution in [0.4, 0.5) is 0 Å². The lowest BCUT2D eigenvalue weighted by atomic mass is 9.87. The highest BCUT2D eigenvalue weighted by Gasteiger charge is 2.15. The van der Waals surface area contributed by atoms with Crippen LogP contribution in [-0.4, -0.2) is 18.1 Å². The quantitative estimate of drug-likeness (QED) is 0.172. The molecule has 4 aromatic carbocycles. The molecule has 1 amide bonds. The average Bonchev–Trinajstić information content (AvgIpc) is 2.85. The summed E-state index contributed by atoms with van der Waals surface area (Å²) in [5, 5.41) is 5.98. The van der Waals surface area contributed by atoms with Gasteiger partial charge in [-0.05, 0) is 52.1 Å². The van der Waals surface area contributed by atoms with Crippen LogP contribution in [0.2, 0.25) is 0 Å². The Morgan fingerprint density at radius 2 is 1.47 bits per heavy atom. The van der Waals surface area contributed by atoms with Gasteiger partial charge in [0.2, 0.25) is 0 Å². The van der Waals surface area contributed by atoms with Gasteiger partial charge in [0.25, 0.3) is 5.91 Å². The van der Waals surface area contributed by atoms with Crippen LogP contribution in [0.3, 0.4) is 0 Å². The number of rotatable bonds is 5. The number of hydrogen-bond donors (Lipinski definition) is 1.